The fourth-order valence-corrected chi connectivity index (χ4v) is 3.53. The van der Waals surface area contributed by atoms with Crippen LogP contribution in [-0.4, -0.2) is 12.2 Å². The molecule has 0 saturated heterocycles. The van der Waals surface area contributed by atoms with Crippen LogP contribution >= 0.6 is 11.8 Å². The Hall–Kier alpha value is -3.36. The zero-order valence-electron chi connectivity index (χ0n) is 18.2. The van der Waals surface area contributed by atoms with Gasteiger partial charge < -0.3 is 4.74 Å². The number of nitriles is 1. The van der Waals surface area contributed by atoms with E-state index in [1.807, 2.05) is 66.1 Å². The molecule has 0 aliphatic heterocycles. The van der Waals surface area contributed by atoms with E-state index in [-0.39, 0.29) is 5.97 Å². The van der Waals surface area contributed by atoms with Crippen molar-refractivity contribution >= 4 is 29.6 Å². The third-order valence-electron chi connectivity index (χ3n) is 4.96. The van der Waals surface area contributed by atoms with Gasteiger partial charge in [-0.15, -0.1) is 0 Å². The van der Waals surface area contributed by atoms with Crippen LogP contribution in [0.2, 0.25) is 0 Å². The number of aliphatic imine (C=N–C) groups is 1. The molecular weight excluding hydrogens is 416 g/mol. The Morgan fingerprint density at radius 3 is 2.34 bits per heavy atom. The van der Waals surface area contributed by atoms with Crippen LogP contribution in [0.15, 0.2) is 82.7 Å². The summed E-state index contributed by atoms with van der Waals surface area (Å²) in [5.74, 6) is 0.132. The number of unbranched alkanes of at least 4 members (excludes halogenated alkanes) is 3. The number of rotatable bonds is 10. The number of nitrogens with zero attached hydrogens (tertiary/aromatic N) is 2. The Bertz CT molecular complexity index is 1070. The predicted octanol–water partition coefficient (Wildman–Crippen LogP) is 7.35. The van der Waals surface area contributed by atoms with E-state index < -0.39 is 0 Å². The van der Waals surface area contributed by atoms with Crippen molar-refractivity contribution in [2.75, 3.05) is 0 Å². The first-order valence-corrected chi connectivity index (χ1v) is 11.6. The summed E-state index contributed by atoms with van der Waals surface area (Å²) in [7, 11) is 0. The molecule has 5 heteroatoms. The normalized spacial score (nSPS) is 10.8. The largest absolute Gasteiger partial charge is 0.423 e. The predicted molar refractivity (Wildman–Crippen MR) is 131 cm³/mol. The molecule has 0 aromatic heterocycles. The van der Waals surface area contributed by atoms with Crippen LogP contribution in [0.3, 0.4) is 0 Å². The van der Waals surface area contributed by atoms with Crippen LogP contribution in [0, 0.1) is 10.7 Å². The molecule has 3 aromatic carbocycles. The van der Waals surface area contributed by atoms with Gasteiger partial charge in [0, 0.05) is 11.1 Å². The van der Waals surface area contributed by atoms with Crippen LogP contribution in [0.4, 0.5) is 5.69 Å². The van der Waals surface area contributed by atoms with Gasteiger partial charge in [-0.3, -0.25) is 4.99 Å². The van der Waals surface area contributed by atoms with E-state index in [0.717, 1.165) is 34.3 Å². The van der Waals surface area contributed by atoms with Crippen molar-refractivity contribution in [3.8, 4) is 11.2 Å². The Morgan fingerprint density at radius 1 is 0.969 bits per heavy atom. The summed E-state index contributed by atoms with van der Waals surface area (Å²) in [5.41, 5.74) is 3.50. The Kier molecular flexibility index (Phi) is 9.09. The molecule has 0 N–H and O–H groups in total. The maximum absolute atomic E-state index is 12.4. The number of hydrogen-bond donors (Lipinski definition) is 0. The third kappa shape index (κ3) is 7.40. The van der Waals surface area contributed by atoms with Gasteiger partial charge in [-0.2, -0.15) is 5.26 Å². The Labute approximate surface area is 194 Å². The van der Waals surface area contributed by atoms with E-state index in [1.54, 1.807) is 18.3 Å². The van der Waals surface area contributed by atoms with Gasteiger partial charge in [0.25, 0.3) is 0 Å². The number of ether oxygens (including phenoxy) is 1. The molecule has 0 atom stereocenters. The second kappa shape index (κ2) is 12.5. The second-order valence-corrected chi connectivity index (χ2v) is 8.27. The number of thioether (sulfide) groups is 1. The topological polar surface area (TPSA) is 62.4 Å². The standard InChI is InChI=1S/C27H26N2O2S/c1-2-3-4-5-6-21-7-11-23(12-8-21)27(30)31-25-15-9-22(10-16-25)19-29-24-13-17-26(18-14-24)32-20-28/h7-19H,2-6H2,1H3. The molecule has 0 unspecified atom stereocenters. The molecule has 3 aromatic rings. The molecule has 0 saturated carbocycles. The lowest BCUT2D eigenvalue weighted by Gasteiger charge is -2.06. The van der Waals surface area contributed by atoms with Crippen LogP contribution in [0.5, 0.6) is 5.75 Å². The van der Waals surface area contributed by atoms with E-state index in [2.05, 4.69) is 11.9 Å². The number of benzene rings is 3. The minimum absolute atomic E-state index is 0.362. The van der Waals surface area contributed by atoms with Gasteiger partial charge in [0.15, 0.2) is 0 Å². The SMILES string of the molecule is CCCCCCc1ccc(C(=O)Oc2ccc(C=Nc3ccc(SC#N)cc3)cc2)cc1. The summed E-state index contributed by atoms with van der Waals surface area (Å²) in [6.45, 7) is 2.21. The number of carbonyl (C=O) groups excluding carboxylic acids is 1. The highest BCUT2D eigenvalue weighted by atomic mass is 32.2. The van der Waals surface area contributed by atoms with Crippen molar-refractivity contribution in [3.63, 3.8) is 0 Å². The molecule has 32 heavy (non-hydrogen) atoms. The molecule has 0 aliphatic rings. The number of carbonyl (C=O) groups is 1. The maximum atomic E-state index is 12.4. The van der Waals surface area contributed by atoms with Crippen molar-refractivity contribution < 1.29 is 9.53 Å². The molecule has 0 amide bonds. The van der Waals surface area contributed by atoms with E-state index in [9.17, 15) is 4.79 Å². The molecule has 3 rings (SSSR count). The van der Waals surface area contributed by atoms with Gasteiger partial charge >= 0.3 is 5.97 Å². The first kappa shape index (κ1) is 23.3. The molecule has 4 nitrogen and oxygen atoms in total. The first-order valence-electron chi connectivity index (χ1n) is 10.8. The Balaban J connectivity index is 1.52. The highest BCUT2D eigenvalue weighted by Crippen LogP contribution is 2.21. The van der Waals surface area contributed by atoms with Gasteiger partial charge in [0.1, 0.15) is 11.2 Å². The van der Waals surface area contributed by atoms with Gasteiger partial charge in [-0.1, -0.05) is 38.3 Å². The second-order valence-electron chi connectivity index (χ2n) is 7.41. The third-order valence-corrected chi connectivity index (χ3v) is 5.56. The van der Waals surface area contributed by atoms with Crippen molar-refractivity contribution in [1.29, 1.82) is 5.26 Å². The molecule has 0 heterocycles. The van der Waals surface area contributed by atoms with Crippen molar-refractivity contribution in [3.05, 3.63) is 89.5 Å². The molecule has 162 valence electrons. The number of hydrogen-bond acceptors (Lipinski definition) is 5. The zero-order valence-corrected chi connectivity index (χ0v) is 19.0. The summed E-state index contributed by atoms with van der Waals surface area (Å²) < 4.78 is 5.50. The molecule has 0 bridgehead atoms. The van der Waals surface area contributed by atoms with Gasteiger partial charge in [0.2, 0.25) is 0 Å². The van der Waals surface area contributed by atoms with E-state index >= 15 is 0 Å². The van der Waals surface area contributed by atoms with Gasteiger partial charge in [0.05, 0.1) is 11.3 Å². The molecule has 0 fully saturated rings. The average Bonchev–Trinajstić information content (AvgIpc) is 2.83. The number of esters is 1. The highest BCUT2D eigenvalue weighted by Gasteiger charge is 2.08. The van der Waals surface area contributed by atoms with Crippen LogP contribution in [-0.2, 0) is 6.42 Å². The summed E-state index contributed by atoms with van der Waals surface area (Å²) in [6.07, 6.45) is 7.72. The molecule has 0 aliphatic carbocycles. The van der Waals surface area contributed by atoms with Crippen molar-refractivity contribution in [2.45, 2.75) is 43.9 Å². The lowest BCUT2D eigenvalue weighted by atomic mass is 10.0. The molecule has 0 spiro atoms. The lowest BCUT2D eigenvalue weighted by Crippen LogP contribution is -2.08. The highest BCUT2D eigenvalue weighted by molar-refractivity contribution is 8.03. The van der Waals surface area contributed by atoms with E-state index in [4.69, 9.17) is 10.00 Å². The lowest BCUT2D eigenvalue weighted by molar-refractivity contribution is 0.0734. The Morgan fingerprint density at radius 2 is 1.69 bits per heavy atom. The average molecular weight is 443 g/mol. The van der Waals surface area contributed by atoms with Crippen LogP contribution in [0.25, 0.3) is 0 Å². The summed E-state index contributed by atoms with van der Waals surface area (Å²) >= 11 is 1.12. The van der Waals surface area contributed by atoms with Gasteiger partial charge in [-0.25, -0.2) is 4.79 Å². The molecular formula is C27H26N2O2S. The van der Waals surface area contributed by atoms with Crippen LogP contribution in [0.1, 0.15) is 54.1 Å². The maximum Gasteiger partial charge on any atom is 0.343 e. The quantitative estimate of drug-likeness (QED) is 0.0822. The van der Waals surface area contributed by atoms with E-state index in [1.165, 1.54) is 31.2 Å². The van der Waals surface area contributed by atoms with Gasteiger partial charge in [-0.05, 0) is 96.4 Å². The van der Waals surface area contributed by atoms with Crippen molar-refractivity contribution in [1.82, 2.24) is 0 Å². The fourth-order valence-electron chi connectivity index (χ4n) is 3.15. The molecule has 0 radical (unpaired) electrons. The zero-order chi connectivity index (χ0) is 22.6. The van der Waals surface area contributed by atoms with E-state index in [0.29, 0.717) is 11.3 Å². The number of thiocyanates is 1. The van der Waals surface area contributed by atoms with Crippen LogP contribution < -0.4 is 4.74 Å². The minimum atomic E-state index is -0.362. The first-order chi connectivity index (χ1) is 15.7. The van der Waals surface area contributed by atoms with Crippen molar-refractivity contribution in [2.24, 2.45) is 4.99 Å². The smallest absolute Gasteiger partial charge is 0.343 e. The fraction of sp³-hybridized carbons (Fsp3) is 0.222. The number of aryl methyl sites for hydroxylation is 1. The minimum Gasteiger partial charge on any atom is -0.423 e. The summed E-state index contributed by atoms with van der Waals surface area (Å²) in [4.78, 5) is 17.7. The summed E-state index contributed by atoms with van der Waals surface area (Å²) in [5, 5.41) is 10.7. The summed E-state index contributed by atoms with van der Waals surface area (Å²) in [6, 6.07) is 22.4. The monoisotopic (exact) mass is 442 g/mol.